The van der Waals surface area contributed by atoms with Crippen molar-refractivity contribution >= 4 is 11.0 Å². The van der Waals surface area contributed by atoms with E-state index in [1.807, 2.05) is 18.2 Å². The number of para-hydroxylation sites is 2. The fourth-order valence-corrected chi connectivity index (χ4v) is 3.12. The topological polar surface area (TPSA) is 53.1 Å². The van der Waals surface area contributed by atoms with Crippen molar-refractivity contribution in [2.45, 2.75) is 52.8 Å². The Labute approximate surface area is 127 Å². The van der Waals surface area contributed by atoms with E-state index >= 15 is 0 Å². The average Bonchev–Trinajstić information content (AvgIpc) is 2.74. The summed E-state index contributed by atoms with van der Waals surface area (Å²) in [6.45, 7) is 9.51. The summed E-state index contributed by atoms with van der Waals surface area (Å²) in [5.74, 6) is 1.04. The number of nitrogens with zero attached hydrogens (tertiary/aromatic N) is 2. The van der Waals surface area contributed by atoms with E-state index in [1.54, 1.807) is 7.11 Å². The summed E-state index contributed by atoms with van der Waals surface area (Å²) in [5.41, 5.74) is 8.63. The summed E-state index contributed by atoms with van der Waals surface area (Å²) in [7, 11) is 1.73. The molecule has 0 spiro atoms. The third kappa shape index (κ3) is 3.27. The molecule has 1 heterocycles. The van der Waals surface area contributed by atoms with Crippen LogP contribution in [0.25, 0.3) is 11.0 Å². The van der Waals surface area contributed by atoms with Gasteiger partial charge in [0.1, 0.15) is 5.82 Å². The van der Waals surface area contributed by atoms with Crippen LogP contribution in [-0.4, -0.2) is 28.8 Å². The molecule has 0 aliphatic rings. The number of fused-ring (bicyclic) bond motifs is 1. The quantitative estimate of drug-likeness (QED) is 0.920. The summed E-state index contributed by atoms with van der Waals surface area (Å²) in [6.07, 6.45) is 0.723. The maximum absolute atomic E-state index is 6.41. The Balaban J connectivity index is 2.30. The molecule has 2 N–H and O–H groups in total. The Hall–Kier alpha value is -1.39. The predicted octanol–water partition coefficient (Wildman–Crippen LogP) is 2.99. The van der Waals surface area contributed by atoms with Crippen molar-refractivity contribution in [1.82, 2.24) is 9.55 Å². The van der Waals surface area contributed by atoms with Crippen LogP contribution in [0.3, 0.4) is 0 Å². The maximum Gasteiger partial charge on any atom is 0.111 e. The van der Waals surface area contributed by atoms with Crippen LogP contribution >= 0.6 is 0 Å². The van der Waals surface area contributed by atoms with Crippen molar-refractivity contribution in [3.63, 3.8) is 0 Å². The number of rotatable bonds is 5. The van der Waals surface area contributed by atoms with Crippen LogP contribution in [0, 0.1) is 5.41 Å². The molecule has 4 nitrogen and oxygen atoms in total. The molecule has 0 amide bonds. The highest BCUT2D eigenvalue weighted by molar-refractivity contribution is 5.75. The van der Waals surface area contributed by atoms with Gasteiger partial charge in [-0.25, -0.2) is 4.98 Å². The first-order valence-electron chi connectivity index (χ1n) is 7.61. The van der Waals surface area contributed by atoms with Crippen LogP contribution in [0.4, 0.5) is 0 Å². The van der Waals surface area contributed by atoms with Gasteiger partial charge >= 0.3 is 0 Å². The van der Waals surface area contributed by atoms with Gasteiger partial charge in [0.2, 0.25) is 0 Å². The lowest BCUT2D eigenvalue weighted by molar-refractivity contribution is -0.00217. The van der Waals surface area contributed by atoms with E-state index in [9.17, 15) is 0 Å². The van der Waals surface area contributed by atoms with Gasteiger partial charge in [-0.2, -0.15) is 0 Å². The number of hydrogen-bond acceptors (Lipinski definition) is 3. The summed E-state index contributed by atoms with van der Waals surface area (Å²) < 4.78 is 7.87. The van der Waals surface area contributed by atoms with E-state index in [4.69, 9.17) is 15.5 Å². The lowest BCUT2D eigenvalue weighted by Gasteiger charge is -2.34. The van der Waals surface area contributed by atoms with Crippen molar-refractivity contribution in [2.75, 3.05) is 7.11 Å². The molecule has 2 aromatic rings. The Morgan fingerprint density at radius 3 is 2.52 bits per heavy atom. The normalized spacial score (nSPS) is 15.3. The third-order valence-electron chi connectivity index (χ3n) is 3.96. The molecule has 1 aromatic carbocycles. The van der Waals surface area contributed by atoms with Crippen molar-refractivity contribution in [1.29, 1.82) is 0 Å². The largest absolute Gasteiger partial charge is 0.379 e. The first kappa shape index (κ1) is 16.0. The number of ether oxygens (including phenoxy) is 1. The van der Waals surface area contributed by atoms with Gasteiger partial charge in [0.15, 0.2) is 0 Å². The molecule has 2 rings (SSSR count). The molecule has 0 bridgehead atoms. The molecule has 21 heavy (non-hydrogen) atoms. The smallest absolute Gasteiger partial charge is 0.111 e. The highest BCUT2D eigenvalue weighted by Crippen LogP contribution is 2.26. The van der Waals surface area contributed by atoms with E-state index in [2.05, 4.69) is 38.3 Å². The van der Waals surface area contributed by atoms with Crippen molar-refractivity contribution < 1.29 is 4.74 Å². The van der Waals surface area contributed by atoms with Crippen molar-refractivity contribution in [3.8, 4) is 0 Å². The Kier molecular flexibility index (Phi) is 4.69. The highest BCUT2D eigenvalue weighted by Gasteiger charge is 2.31. The Morgan fingerprint density at radius 2 is 1.95 bits per heavy atom. The Morgan fingerprint density at radius 1 is 1.29 bits per heavy atom. The summed E-state index contributed by atoms with van der Waals surface area (Å²) >= 11 is 0. The fourth-order valence-electron chi connectivity index (χ4n) is 3.12. The first-order chi connectivity index (χ1) is 9.88. The first-order valence-corrected chi connectivity index (χ1v) is 7.61. The monoisotopic (exact) mass is 289 g/mol. The van der Waals surface area contributed by atoms with Gasteiger partial charge in [0.05, 0.1) is 17.1 Å². The van der Waals surface area contributed by atoms with Gasteiger partial charge in [-0.1, -0.05) is 32.9 Å². The zero-order valence-corrected chi connectivity index (χ0v) is 13.8. The minimum Gasteiger partial charge on any atom is -0.379 e. The SMILES string of the molecule is CCn1c(CC(N)C(OC)C(C)(C)C)nc2ccccc21. The molecular formula is C17H27N3O. The van der Waals surface area contributed by atoms with Crippen LogP contribution in [-0.2, 0) is 17.7 Å². The van der Waals surface area contributed by atoms with E-state index in [0.717, 1.165) is 24.3 Å². The number of hydrogen-bond donors (Lipinski definition) is 1. The van der Waals surface area contributed by atoms with Crippen LogP contribution in [0.2, 0.25) is 0 Å². The maximum atomic E-state index is 6.41. The number of benzene rings is 1. The minimum atomic E-state index is -0.0721. The van der Waals surface area contributed by atoms with Crippen LogP contribution in [0.15, 0.2) is 24.3 Å². The highest BCUT2D eigenvalue weighted by atomic mass is 16.5. The van der Waals surface area contributed by atoms with Crippen LogP contribution in [0.5, 0.6) is 0 Å². The van der Waals surface area contributed by atoms with Gasteiger partial charge in [0.25, 0.3) is 0 Å². The lowest BCUT2D eigenvalue weighted by atomic mass is 9.83. The number of imidazole rings is 1. The fraction of sp³-hybridized carbons (Fsp3) is 0.588. The summed E-state index contributed by atoms with van der Waals surface area (Å²) in [4.78, 5) is 4.75. The number of aromatic nitrogens is 2. The third-order valence-corrected chi connectivity index (χ3v) is 3.96. The summed E-state index contributed by atoms with van der Waals surface area (Å²) in [5, 5.41) is 0. The second-order valence-electron chi connectivity index (χ2n) is 6.65. The minimum absolute atomic E-state index is 0.00242. The molecule has 0 saturated carbocycles. The molecule has 0 radical (unpaired) electrons. The Bertz CT molecular complexity index is 598. The van der Waals surface area contributed by atoms with Crippen molar-refractivity contribution in [3.05, 3.63) is 30.1 Å². The van der Waals surface area contributed by atoms with E-state index in [-0.39, 0.29) is 17.6 Å². The molecule has 0 saturated heterocycles. The molecule has 0 fully saturated rings. The molecule has 2 unspecified atom stereocenters. The van der Waals surface area contributed by atoms with Gasteiger partial charge in [-0.3, -0.25) is 0 Å². The van der Waals surface area contributed by atoms with E-state index in [1.165, 1.54) is 5.52 Å². The molecule has 2 atom stereocenters. The number of nitrogens with two attached hydrogens (primary N) is 1. The zero-order valence-electron chi connectivity index (χ0n) is 13.8. The van der Waals surface area contributed by atoms with Gasteiger partial charge in [-0.15, -0.1) is 0 Å². The average molecular weight is 289 g/mol. The molecule has 1 aromatic heterocycles. The van der Waals surface area contributed by atoms with Gasteiger partial charge < -0.3 is 15.0 Å². The molecule has 116 valence electrons. The molecular weight excluding hydrogens is 262 g/mol. The predicted molar refractivity (Wildman–Crippen MR) is 87.3 cm³/mol. The number of aryl methyl sites for hydroxylation is 1. The lowest BCUT2D eigenvalue weighted by Crippen LogP contribution is -2.46. The molecule has 0 aliphatic carbocycles. The summed E-state index contributed by atoms with van der Waals surface area (Å²) in [6, 6.07) is 8.16. The van der Waals surface area contributed by atoms with E-state index in [0.29, 0.717) is 0 Å². The van der Waals surface area contributed by atoms with Crippen LogP contribution in [0.1, 0.15) is 33.5 Å². The zero-order chi connectivity index (χ0) is 15.6. The van der Waals surface area contributed by atoms with Crippen molar-refractivity contribution in [2.24, 2.45) is 11.1 Å². The van der Waals surface area contributed by atoms with Crippen LogP contribution < -0.4 is 5.73 Å². The second-order valence-corrected chi connectivity index (χ2v) is 6.65. The van der Waals surface area contributed by atoms with E-state index < -0.39 is 0 Å². The number of methoxy groups -OCH3 is 1. The molecule has 4 heteroatoms. The van der Waals surface area contributed by atoms with Gasteiger partial charge in [-0.05, 0) is 24.5 Å². The molecule has 0 aliphatic heterocycles. The van der Waals surface area contributed by atoms with Gasteiger partial charge in [0, 0.05) is 26.1 Å². The second kappa shape index (κ2) is 6.16. The standard InChI is InChI=1S/C17H27N3O/c1-6-20-14-10-8-7-9-13(14)19-15(20)11-12(18)16(21-5)17(2,3)4/h7-10,12,16H,6,11,18H2,1-5H3.